The molecule has 0 unspecified atom stereocenters. The van der Waals surface area contributed by atoms with Gasteiger partial charge in [0, 0.05) is 23.2 Å². The lowest BCUT2D eigenvalue weighted by Gasteiger charge is -2.27. The summed E-state index contributed by atoms with van der Waals surface area (Å²) in [6.45, 7) is 0.816. The monoisotopic (exact) mass is 335 g/mol. The van der Waals surface area contributed by atoms with Crippen molar-refractivity contribution in [2.75, 3.05) is 6.54 Å². The second-order valence-electron chi connectivity index (χ2n) is 8.06. The highest BCUT2D eigenvalue weighted by molar-refractivity contribution is 5.84. The van der Waals surface area contributed by atoms with Crippen molar-refractivity contribution < 1.29 is 4.79 Å². The van der Waals surface area contributed by atoms with Crippen molar-refractivity contribution in [3.63, 3.8) is 0 Å². The Morgan fingerprint density at radius 1 is 1.28 bits per heavy atom. The SMILES string of the molecule is O=C(NC[C@@H]1C[C@]12CCCc1ccccc12)[C@@H]1CCCc2[nH]ncc21. The van der Waals surface area contributed by atoms with E-state index in [1.165, 1.54) is 31.2 Å². The average molecular weight is 335 g/mol. The Morgan fingerprint density at radius 2 is 2.20 bits per heavy atom. The quantitative estimate of drug-likeness (QED) is 0.905. The van der Waals surface area contributed by atoms with Crippen molar-refractivity contribution in [1.82, 2.24) is 15.5 Å². The van der Waals surface area contributed by atoms with Gasteiger partial charge in [0.25, 0.3) is 0 Å². The van der Waals surface area contributed by atoms with Crippen LogP contribution in [0.15, 0.2) is 30.5 Å². The Labute approximate surface area is 148 Å². The Hall–Kier alpha value is -2.10. The van der Waals surface area contributed by atoms with Crippen molar-refractivity contribution in [1.29, 1.82) is 0 Å². The van der Waals surface area contributed by atoms with Gasteiger partial charge in [0.15, 0.2) is 0 Å². The number of aromatic nitrogens is 2. The molecule has 130 valence electrons. The summed E-state index contributed by atoms with van der Waals surface area (Å²) in [6.07, 6.45) is 9.86. The van der Waals surface area contributed by atoms with Gasteiger partial charge in [-0.1, -0.05) is 24.3 Å². The van der Waals surface area contributed by atoms with Gasteiger partial charge in [-0.2, -0.15) is 5.10 Å². The third-order valence-corrected chi connectivity index (χ3v) is 6.74. The zero-order valence-corrected chi connectivity index (χ0v) is 14.6. The largest absolute Gasteiger partial charge is 0.355 e. The lowest BCUT2D eigenvalue weighted by molar-refractivity contribution is -0.122. The second-order valence-corrected chi connectivity index (χ2v) is 8.06. The van der Waals surface area contributed by atoms with Crippen LogP contribution < -0.4 is 5.32 Å². The van der Waals surface area contributed by atoms with Crippen LogP contribution >= 0.6 is 0 Å². The topological polar surface area (TPSA) is 57.8 Å². The number of hydrogen-bond donors (Lipinski definition) is 2. The van der Waals surface area contributed by atoms with Gasteiger partial charge < -0.3 is 5.32 Å². The normalized spacial score (nSPS) is 29.8. The summed E-state index contributed by atoms with van der Waals surface area (Å²) < 4.78 is 0. The van der Waals surface area contributed by atoms with E-state index in [0.717, 1.165) is 37.1 Å². The zero-order valence-electron chi connectivity index (χ0n) is 14.6. The number of aryl methyl sites for hydroxylation is 2. The van der Waals surface area contributed by atoms with Gasteiger partial charge >= 0.3 is 0 Å². The van der Waals surface area contributed by atoms with Crippen LogP contribution in [0.25, 0.3) is 0 Å². The highest BCUT2D eigenvalue weighted by atomic mass is 16.1. The molecule has 25 heavy (non-hydrogen) atoms. The standard InChI is InChI=1S/C21H25N3O/c25-20(16-7-3-9-19-17(16)13-23-24-19)22-12-15-11-21(15)10-4-6-14-5-1-2-8-18(14)21/h1-2,5,8,13,15-16H,3-4,6-7,9-12H2,(H,22,25)(H,23,24)/t15-,16+,21+/m0/s1. The van der Waals surface area contributed by atoms with Crippen LogP contribution in [0.1, 0.15) is 60.4 Å². The maximum atomic E-state index is 12.8. The molecule has 2 aromatic rings. The minimum Gasteiger partial charge on any atom is -0.355 e. The number of rotatable bonds is 3. The Morgan fingerprint density at radius 3 is 3.16 bits per heavy atom. The van der Waals surface area contributed by atoms with Crippen molar-refractivity contribution in [3.8, 4) is 0 Å². The molecule has 4 nitrogen and oxygen atoms in total. The number of amides is 1. The Bertz CT molecular complexity index is 811. The third-order valence-electron chi connectivity index (χ3n) is 6.74. The smallest absolute Gasteiger partial charge is 0.227 e. The molecule has 3 aliphatic carbocycles. The Balaban J connectivity index is 1.27. The van der Waals surface area contributed by atoms with Crippen molar-refractivity contribution in [2.24, 2.45) is 5.92 Å². The van der Waals surface area contributed by atoms with Crippen LogP contribution in [0.4, 0.5) is 0 Å². The minimum atomic E-state index is -0.0177. The molecule has 0 radical (unpaired) electrons. The molecule has 1 aromatic carbocycles. The molecule has 1 amide bonds. The number of hydrogen-bond acceptors (Lipinski definition) is 2. The summed E-state index contributed by atoms with van der Waals surface area (Å²) in [4.78, 5) is 12.8. The lowest BCUT2D eigenvalue weighted by atomic mass is 9.78. The van der Waals surface area contributed by atoms with E-state index in [0.29, 0.717) is 11.3 Å². The number of nitrogens with zero attached hydrogens (tertiary/aromatic N) is 1. The fraction of sp³-hybridized carbons (Fsp3) is 0.524. The van der Waals surface area contributed by atoms with Crippen LogP contribution in [-0.4, -0.2) is 22.6 Å². The molecule has 4 heteroatoms. The van der Waals surface area contributed by atoms with E-state index >= 15 is 0 Å². The van der Waals surface area contributed by atoms with Crippen LogP contribution in [-0.2, 0) is 23.1 Å². The average Bonchev–Trinajstić information content (AvgIpc) is 3.11. The minimum absolute atomic E-state index is 0.0177. The summed E-state index contributed by atoms with van der Waals surface area (Å²) in [5.74, 6) is 0.773. The summed E-state index contributed by atoms with van der Waals surface area (Å²) in [7, 11) is 0. The number of fused-ring (bicyclic) bond motifs is 3. The molecule has 1 spiro atoms. The first-order valence-corrected chi connectivity index (χ1v) is 9.66. The summed E-state index contributed by atoms with van der Waals surface area (Å²) in [5, 5.41) is 10.4. The van der Waals surface area contributed by atoms with Crippen molar-refractivity contribution in [3.05, 3.63) is 52.8 Å². The van der Waals surface area contributed by atoms with Crippen LogP contribution in [0.5, 0.6) is 0 Å². The van der Waals surface area contributed by atoms with E-state index in [2.05, 4.69) is 39.8 Å². The van der Waals surface area contributed by atoms with Crippen molar-refractivity contribution >= 4 is 5.91 Å². The first-order chi connectivity index (χ1) is 12.3. The maximum absolute atomic E-state index is 12.8. The van der Waals surface area contributed by atoms with Gasteiger partial charge in [0.1, 0.15) is 0 Å². The third kappa shape index (κ3) is 2.42. The van der Waals surface area contributed by atoms with E-state index in [4.69, 9.17) is 0 Å². The molecular formula is C21H25N3O. The molecule has 1 fully saturated rings. The van der Waals surface area contributed by atoms with E-state index < -0.39 is 0 Å². The first kappa shape index (κ1) is 15.2. The molecule has 0 aliphatic heterocycles. The number of benzene rings is 1. The predicted octanol–water partition coefficient (Wildman–Crippen LogP) is 3.24. The predicted molar refractivity (Wildman–Crippen MR) is 96.4 cm³/mol. The van der Waals surface area contributed by atoms with Crippen LogP contribution in [0, 0.1) is 5.92 Å². The number of nitrogens with one attached hydrogen (secondary N) is 2. The first-order valence-electron chi connectivity index (χ1n) is 9.66. The number of aromatic amines is 1. The Kier molecular flexibility index (Phi) is 3.47. The van der Waals surface area contributed by atoms with Gasteiger partial charge in [-0.25, -0.2) is 0 Å². The molecular weight excluding hydrogens is 310 g/mol. The van der Waals surface area contributed by atoms with E-state index in [9.17, 15) is 4.79 Å². The summed E-state index contributed by atoms with van der Waals surface area (Å²) >= 11 is 0. The number of carbonyl (C=O) groups is 1. The fourth-order valence-corrected chi connectivity index (χ4v) is 5.32. The van der Waals surface area contributed by atoms with E-state index in [1.54, 1.807) is 5.56 Å². The molecule has 1 aromatic heterocycles. The molecule has 1 saturated carbocycles. The molecule has 5 rings (SSSR count). The highest BCUT2D eigenvalue weighted by Crippen LogP contribution is 2.59. The van der Waals surface area contributed by atoms with Gasteiger partial charge in [0.05, 0.1) is 12.1 Å². The van der Waals surface area contributed by atoms with Gasteiger partial charge in [0.2, 0.25) is 5.91 Å². The fourth-order valence-electron chi connectivity index (χ4n) is 5.32. The lowest BCUT2D eigenvalue weighted by Crippen LogP contribution is -2.34. The highest BCUT2D eigenvalue weighted by Gasteiger charge is 2.56. The maximum Gasteiger partial charge on any atom is 0.227 e. The number of carbonyl (C=O) groups excluding carboxylic acids is 1. The van der Waals surface area contributed by atoms with Gasteiger partial charge in [-0.15, -0.1) is 0 Å². The number of H-pyrrole nitrogens is 1. The van der Waals surface area contributed by atoms with E-state index in [1.807, 2.05) is 6.20 Å². The molecule has 0 saturated heterocycles. The zero-order chi connectivity index (χ0) is 16.9. The molecule has 3 aliphatic rings. The van der Waals surface area contributed by atoms with Gasteiger partial charge in [-0.05, 0) is 62.0 Å². The van der Waals surface area contributed by atoms with Crippen LogP contribution in [0.2, 0.25) is 0 Å². The van der Waals surface area contributed by atoms with Gasteiger partial charge in [-0.3, -0.25) is 9.89 Å². The molecule has 0 bridgehead atoms. The van der Waals surface area contributed by atoms with Crippen molar-refractivity contribution in [2.45, 2.75) is 56.3 Å². The molecule has 1 heterocycles. The van der Waals surface area contributed by atoms with E-state index in [-0.39, 0.29) is 11.8 Å². The molecule has 3 atom stereocenters. The van der Waals surface area contributed by atoms with Crippen LogP contribution in [0.3, 0.4) is 0 Å². The summed E-state index contributed by atoms with van der Waals surface area (Å²) in [5.41, 5.74) is 5.68. The summed E-state index contributed by atoms with van der Waals surface area (Å²) in [6, 6.07) is 8.92. The molecule has 2 N–H and O–H groups in total. The second kappa shape index (κ2) is 5.72.